The van der Waals surface area contributed by atoms with Crippen LogP contribution in [0.1, 0.15) is 155 Å². The second kappa shape index (κ2) is 34.6. The van der Waals surface area contributed by atoms with Crippen molar-refractivity contribution in [2.75, 3.05) is 13.2 Å². The first-order valence-corrected chi connectivity index (χ1v) is 20.1. The molecule has 0 bridgehead atoms. The first-order valence-electron chi connectivity index (χ1n) is 18.6. The van der Waals surface area contributed by atoms with E-state index in [4.69, 9.17) is 19.3 Å². The Hall–Kier alpha value is -2.25. The van der Waals surface area contributed by atoms with E-state index >= 15 is 0 Å². The largest absolute Gasteiger partial charge is 0.469 e. The summed E-state index contributed by atoms with van der Waals surface area (Å²) in [6.45, 7) is 3.56. The van der Waals surface area contributed by atoms with Crippen molar-refractivity contribution in [3.63, 3.8) is 0 Å². The van der Waals surface area contributed by atoms with E-state index in [1.54, 1.807) is 0 Å². The molecule has 0 aromatic rings. The Morgan fingerprint density at radius 2 is 0.979 bits per heavy atom. The molecule has 0 aromatic carbocycles. The Labute approximate surface area is 292 Å². The third-order valence-electron chi connectivity index (χ3n) is 7.55. The van der Waals surface area contributed by atoms with E-state index in [1.165, 1.54) is 77.0 Å². The molecule has 0 aliphatic carbocycles. The van der Waals surface area contributed by atoms with Gasteiger partial charge >= 0.3 is 19.8 Å². The smallest absolute Gasteiger partial charge is 0.462 e. The summed E-state index contributed by atoms with van der Waals surface area (Å²) in [5, 5.41) is 0. The Morgan fingerprint density at radius 1 is 0.542 bits per heavy atom. The van der Waals surface area contributed by atoms with Gasteiger partial charge in [0.25, 0.3) is 0 Å². The summed E-state index contributed by atoms with van der Waals surface area (Å²) in [4.78, 5) is 42.6. The van der Waals surface area contributed by atoms with Gasteiger partial charge in [-0.05, 0) is 51.4 Å². The second-order valence-electron chi connectivity index (χ2n) is 12.2. The van der Waals surface area contributed by atoms with Gasteiger partial charge in [0.1, 0.15) is 6.61 Å². The highest BCUT2D eigenvalue weighted by Crippen LogP contribution is 2.35. The maximum Gasteiger partial charge on any atom is 0.469 e. The van der Waals surface area contributed by atoms with Crippen LogP contribution in [0.25, 0.3) is 0 Å². The third-order valence-corrected chi connectivity index (χ3v) is 8.04. The van der Waals surface area contributed by atoms with Crippen molar-refractivity contribution < 1.29 is 37.9 Å². The van der Waals surface area contributed by atoms with Crippen LogP contribution in [-0.4, -0.2) is 41.0 Å². The normalized spacial score (nSPS) is 13.2. The molecule has 2 N–H and O–H groups in total. The van der Waals surface area contributed by atoms with Crippen molar-refractivity contribution >= 4 is 19.8 Å². The van der Waals surface area contributed by atoms with Gasteiger partial charge in [0.15, 0.2) is 6.10 Å². The van der Waals surface area contributed by atoms with Gasteiger partial charge in [-0.25, -0.2) is 4.57 Å². The van der Waals surface area contributed by atoms with E-state index in [-0.39, 0.29) is 19.4 Å². The van der Waals surface area contributed by atoms with Crippen molar-refractivity contribution in [1.29, 1.82) is 0 Å². The predicted octanol–water partition coefficient (Wildman–Crippen LogP) is 11.0. The molecule has 0 aromatic heterocycles. The Morgan fingerprint density at radius 3 is 1.48 bits per heavy atom. The quantitative estimate of drug-likeness (QED) is 0.0301. The molecular formula is C39H67O8P. The lowest BCUT2D eigenvalue weighted by Crippen LogP contribution is -2.29. The fourth-order valence-corrected chi connectivity index (χ4v) is 5.13. The molecule has 0 heterocycles. The lowest BCUT2D eigenvalue weighted by atomic mass is 10.1. The van der Waals surface area contributed by atoms with E-state index in [9.17, 15) is 14.2 Å². The molecule has 0 aliphatic heterocycles. The van der Waals surface area contributed by atoms with Crippen molar-refractivity contribution in [2.24, 2.45) is 0 Å². The van der Waals surface area contributed by atoms with E-state index in [0.29, 0.717) is 12.8 Å². The summed E-state index contributed by atoms with van der Waals surface area (Å²) in [5.41, 5.74) is 0. The van der Waals surface area contributed by atoms with E-state index in [0.717, 1.165) is 38.5 Å². The number of carbonyl (C=O) groups excluding carboxylic acids is 2. The number of rotatable bonds is 33. The molecule has 0 aliphatic rings. The molecule has 48 heavy (non-hydrogen) atoms. The van der Waals surface area contributed by atoms with Gasteiger partial charge in [0.05, 0.1) is 6.61 Å². The molecule has 1 atom stereocenters. The molecule has 0 saturated carbocycles. The lowest BCUT2D eigenvalue weighted by Gasteiger charge is -2.18. The van der Waals surface area contributed by atoms with Gasteiger partial charge in [0.2, 0.25) is 0 Å². The number of carbonyl (C=O) groups is 2. The molecule has 0 spiro atoms. The zero-order chi connectivity index (χ0) is 35.4. The van der Waals surface area contributed by atoms with Crippen LogP contribution in [0.5, 0.6) is 0 Å². The summed E-state index contributed by atoms with van der Waals surface area (Å²) in [6.07, 6.45) is 42.4. The highest BCUT2D eigenvalue weighted by molar-refractivity contribution is 7.46. The van der Waals surface area contributed by atoms with Crippen LogP contribution in [0.3, 0.4) is 0 Å². The van der Waals surface area contributed by atoms with Crippen LogP contribution >= 0.6 is 7.82 Å². The van der Waals surface area contributed by atoms with Crippen LogP contribution in [-0.2, 0) is 28.2 Å². The molecule has 0 fully saturated rings. The third kappa shape index (κ3) is 36.6. The number of allylic oxidation sites excluding steroid dienone is 10. The van der Waals surface area contributed by atoms with Crippen molar-refractivity contribution in [3.05, 3.63) is 60.8 Å². The number of phosphoric acid groups is 1. The first kappa shape index (κ1) is 45.8. The molecular weight excluding hydrogens is 627 g/mol. The van der Waals surface area contributed by atoms with E-state index in [1.807, 2.05) is 12.2 Å². The molecule has 0 saturated heterocycles. The summed E-state index contributed by atoms with van der Waals surface area (Å²) in [7, 11) is -4.77. The highest BCUT2D eigenvalue weighted by Gasteiger charge is 2.22. The number of ether oxygens (including phenoxy) is 2. The zero-order valence-corrected chi connectivity index (χ0v) is 31.0. The predicted molar refractivity (Wildman–Crippen MR) is 197 cm³/mol. The number of hydrogen-bond donors (Lipinski definition) is 2. The van der Waals surface area contributed by atoms with Crippen LogP contribution < -0.4 is 0 Å². The molecule has 0 radical (unpaired) electrons. The Kier molecular flexibility index (Phi) is 33.0. The van der Waals surface area contributed by atoms with Gasteiger partial charge in [-0.3, -0.25) is 14.1 Å². The summed E-state index contributed by atoms with van der Waals surface area (Å²) >= 11 is 0. The maximum atomic E-state index is 12.3. The zero-order valence-electron chi connectivity index (χ0n) is 30.1. The van der Waals surface area contributed by atoms with Crippen LogP contribution in [0.15, 0.2) is 60.8 Å². The van der Waals surface area contributed by atoms with Gasteiger partial charge < -0.3 is 19.3 Å². The van der Waals surface area contributed by atoms with E-state index < -0.39 is 32.5 Å². The monoisotopic (exact) mass is 694 g/mol. The average Bonchev–Trinajstić information content (AvgIpc) is 3.05. The Balaban J connectivity index is 4.13. The van der Waals surface area contributed by atoms with Crippen LogP contribution in [0.4, 0.5) is 0 Å². The van der Waals surface area contributed by atoms with Gasteiger partial charge in [-0.2, -0.15) is 0 Å². The minimum absolute atomic E-state index is 0.0875. The van der Waals surface area contributed by atoms with Crippen LogP contribution in [0, 0.1) is 0 Å². The molecule has 0 rings (SSSR count). The van der Waals surface area contributed by atoms with E-state index in [2.05, 4.69) is 67.0 Å². The molecule has 8 nitrogen and oxygen atoms in total. The lowest BCUT2D eigenvalue weighted by molar-refractivity contribution is -0.161. The van der Waals surface area contributed by atoms with Crippen molar-refractivity contribution in [1.82, 2.24) is 0 Å². The summed E-state index contributed by atoms with van der Waals surface area (Å²) in [5.74, 6) is -0.985. The minimum atomic E-state index is -4.77. The summed E-state index contributed by atoms with van der Waals surface area (Å²) in [6, 6.07) is 0. The number of phosphoric ester groups is 1. The average molecular weight is 695 g/mol. The maximum absolute atomic E-state index is 12.3. The molecule has 0 amide bonds. The SMILES string of the molecule is CCCCC/C=C/C/C=C/C/C=C/C/C=C/C/C=C/CCC(=O)O[C@H](COC(=O)CCCCCCCCCCCCC)COP(=O)(O)O. The van der Waals surface area contributed by atoms with Crippen LogP contribution in [0.2, 0.25) is 0 Å². The standard InChI is InChI=1S/C39H67O8P/c1-3-5-7-9-11-13-15-16-17-18-19-20-21-22-24-26-28-30-32-34-39(41)47-37(36-46-48(42,43)44)35-45-38(40)33-31-29-27-25-23-14-12-10-8-6-4-2/h11,13,16-17,19-20,22,24,28,30,37H,3-10,12,14-15,18,21,23,25-27,29,31-36H2,1-2H3,(H2,42,43,44)/b13-11+,17-16+,20-19+,24-22+,30-28+/t37-/m1/s1. The second-order valence-corrected chi connectivity index (χ2v) is 13.4. The summed E-state index contributed by atoms with van der Waals surface area (Å²) < 4.78 is 26.2. The van der Waals surface area contributed by atoms with Gasteiger partial charge in [0, 0.05) is 12.8 Å². The number of unbranched alkanes of at least 4 members (excludes halogenated alkanes) is 13. The topological polar surface area (TPSA) is 119 Å². The van der Waals surface area contributed by atoms with Gasteiger partial charge in [-0.1, -0.05) is 152 Å². The molecule has 9 heteroatoms. The molecule has 276 valence electrons. The van der Waals surface area contributed by atoms with Crippen molar-refractivity contribution in [2.45, 2.75) is 161 Å². The minimum Gasteiger partial charge on any atom is -0.462 e. The van der Waals surface area contributed by atoms with Crippen molar-refractivity contribution in [3.8, 4) is 0 Å². The number of esters is 2. The number of hydrogen-bond acceptors (Lipinski definition) is 6. The fraction of sp³-hybridized carbons (Fsp3) is 0.692. The van der Waals surface area contributed by atoms with Gasteiger partial charge in [-0.15, -0.1) is 0 Å². The highest BCUT2D eigenvalue weighted by atomic mass is 31.2. The first-order chi connectivity index (χ1) is 23.3. The molecule has 0 unspecified atom stereocenters. The Bertz CT molecular complexity index is 963. The fourth-order valence-electron chi connectivity index (χ4n) is 4.77.